The van der Waals surface area contributed by atoms with Crippen LogP contribution in [0.15, 0.2) is 79.6 Å². The third-order valence-corrected chi connectivity index (χ3v) is 5.56. The van der Waals surface area contributed by atoms with Crippen LogP contribution in [0.25, 0.3) is 11.0 Å². The second-order valence-corrected chi connectivity index (χ2v) is 7.85. The smallest absolute Gasteiger partial charge is 0.347 e. The minimum Gasteiger partial charge on any atom is -0.422 e. The number of nitrogens with zero attached hydrogens (tertiary/aromatic N) is 3. The van der Waals surface area contributed by atoms with Crippen molar-refractivity contribution < 1.29 is 9.21 Å². The van der Waals surface area contributed by atoms with Gasteiger partial charge in [-0.2, -0.15) is 15.8 Å². The lowest BCUT2D eigenvalue weighted by atomic mass is 9.79. The maximum atomic E-state index is 13.1. The van der Waals surface area contributed by atoms with Gasteiger partial charge in [0.2, 0.25) is 0 Å². The molecule has 2 N–H and O–H groups in total. The summed E-state index contributed by atoms with van der Waals surface area (Å²) in [5.41, 5.74) is 5.40. The third-order valence-electron chi connectivity index (χ3n) is 5.03. The van der Waals surface area contributed by atoms with Crippen LogP contribution in [0.3, 0.4) is 0 Å². The Hall–Kier alpha value is -4.19. The Morgan fingerprint density at radius 3 is 2.34 bits per heavy atom. The van der Waals surface area contributed by atoms with E-state index in [1.54, 1.807) is 60.7 Å². The first-order valence-electron chi connectivity index (χ1n) is 9.40. The highest BCUT2D eigenvalue weighted by molar-refractivity contribution is 9.10. The van der Waals surface area contributed by atoms with Crippen molar-refractivity contribution in [3.8, 4) is 18.2 Å². The summed E-state index contributed by atoms with van der Waals surface area (Å²) in [6.07, 6.45) is -0.256. The van der Waals surface area contributed by atoms with Crippen LogP contribution in [0.2, 0.25) is 0 Å². The molecule has 0 radical (unpaired) electrons. The van der Waals surface area contributed by atoms with Crippen LogP contribution in [0, 0.1) is 39.9 Å². The van der Waals surface area contributed by atoms with E-state index in [1.165, 1.54) is 6.07 Å². The number of hydrogen-bond acceptors (Lipinski definition) is 7. The van der Waals surface area contributed by atoms with Crippen LogP contribution in [0.5, 0.6) is 0 Å². The number of fused-ring (bicyclic) bond motifs is 1. The summed E-state index contributed by atoms with van der Waals surface area (Å²) in [4.78, 5) is 25.6. The SMILES string of the molecule is N#CC(C#N)=C(N)C(C#N)C(CC(=O)c1cc2ccccc2oc1=O)c1ccc(Br)cc1. The fourth-order valence-electron chi connectivity index (χ4n) is 3.39. The Kier molecular flexibility index (Phi) is 6.85. The molecule has 0 aliphatic heterocycles. The average molecular weight is 487 g/mol. The second-order valence-electron chi connectivity index (χ2n) is 6.93. The topological polar surface area (TPSA) is 145 Å². The van der Waals surface area contributed by atoms with Gasteiger partial charge in [0, 0.05) is 22.2 Å². The number of nitrogens with two attached hydrogens (primary N) is 1. The van der Waals surface area contributed by atoms with Crippen LogP contribution < -0.4 is 11.4 Å². The molecule has 3 aromatic rings. The third kappa shape index (κ3) is 4.59. The standard InChI is InChI=1S/C24H15BrN4O3/c25-17-7-5-14(6-8-17)18(20(13-28)23(29)16(11-26)12-27)10-21(30)19-9-15-3-1-2-4-22(15)32-24(19)31/h1-9,18,20H,10,29H2. The van der Waals surface area contributed by atoms with E-state index in [0.29, 0.717) is 16.5 Å². The Labute approximate surface area is 191 Å². The molecule has 3 rings (SSSR count). The average Bonchev–Trinajstić information content (AvgIpc) is 2.79. The maximum absolute atomic E-state index is 13.1. The molecule has 0 saturated carbocycles. The van der Waals surface area contributed by atoms with Crippen LogP contribution in [-0.2, 0) is 0 Å². The van der Waals surface area contributed by atoms with Gasteiger partial charge in [-0.3, -0.25) is 4.79 Å². The Morgan fingerprint density at radius 1 is 1.06 bits per heavy atom. The number of benzene rings is 2. The number of carbonyl (C=O) groups is 1. The van der Waals surface area contributed by atoms with Crippen molar-refractivity contribution in [2.75, 3.05) is 0 Å². The van der Waals surface area contributed by atoms with Gasteiger partial charge in [-0.25, -0.2) is 4.79 Å². The lowest BCUT2D eigenvalue weighted by Crippen LogP contribution is -2.24. The number of allylic oxidation sites excluding steroid dienone is 2. The molecule has 0 aliphatic rings. The number of nitriles is 3. The monoisotopic (exact) mass is 486 g/mol. The molecule has 2 aromatic carbocycles. The van der Waals surface area contributed by atoms with Crippen molar-refractivity contribution in [3.05, 3.63) is 91.9 Å². The number of hydrogen-bond donors (Lipinski definition) is 1. The van der Waals surface area contributed by atoms with E-state index in [4.69, 9.17) is 10.2 Å². The summed E-state index contributed by atoms with van der Waals surface area (Å²) < 4.78 is 6.04. The lowest BCUT2D eigenvalue weighted by molar-refractivity contribution is 0.0966. The summed E-state index contributed by atoms with van der Waals surface area (Å²) in [5.74, 6) is -2.48. The molecule has 0 bridgehead atoms. The first kappa shape index (κ1) is 22.5. The highest BCUT2D eigenvalue weighted by Gasteiger charge is 2.31. The van der Waals surface area contributed by atoms with E-state index < -0.39 is 28.8 Å². The maximum Gasteiger partial charge on any atom is 0.347 e. The number of carbonyl (C=O) groups excluding carboxylic acids is 1. The van der Waals surface area contributed by atoms with Crippen LogP contribution in [0.4, 0.5) is 0 Å². The fourth-order valence-corrected chi connectivity index (χ4v) is 3.65. The largest absolute Gasteiger partial charge is 0.422 e. The minimum atomic E-state index is -1.14. The Balaban J connectivity index is 2.09. The van der Waals surface area contributed by atoms with Crippen molar-refractivity contribution in [2.45, 2.75) is 12.3 Å². The van der Waals surface area contributed by atoms with Gasteiger partial charge >= 0.3 is 5.63 Å². The zero-order valence-electron chi connectivity index (χ0n) is 16.6. The molecule has 2 atom stereocenters. The van der Waals surface area contributed by atoms with Crippen LogP contribution >= 0.6 is 15.9 Å². The van der Waals surface area contributed by atoms with Gasteiger partial charge in [0.1, 0.15) is 28.9 Å². The van der Waals surface area contributed by atoms with E-state index in [0.717, 1.165) is 4.47 Å². The first-order chi connectivity index (χ1) is 15.4. The summed E-state index contributed by atoms with van der Waals surface area (Å²) >= 11 is 3.34. The van der Waals surface area contributed by atoms with E-state index >= 15 is 0 Å². The van der Waals surface area contributed by atoms with Crippen molar-refractivity contribution in [1.29, 1.82) is 15.8 Å². The summed E-state index contributed by atoms with van der Waals surface area (Å²) in [6.45, 7) is 0. The van der Waals surface area contributed by atoms with Crippen molar-refractivity contribution in [1.82, 2.24) is 0 Å². The molecule has 1 aromatic heterocycles. The molecule has 8 heteroatoms. The molecule has 156 valence electrons. The zero-order valence-corrected chi connectivity index (χ0v) is 18.2. The molecule has 2 unspecified atom stereocenters. The van der Waals surface area contributed by atoms with Crippen molar-refractivity contribution in [2.24, 2.45) is 11.7 Å². The second kappa shape index (κ2) is 9.75. The molecule has 1 heterocycles. The number of halogens is 1. The highest BCUT2D eigenvalue weighted by atomic mass is 79.9. The van der Waals surface area contributed by atoms with Crippen LogP contribution in [0.1, 0.15) is 28.3 Å². The zero-order chi connectivity index (χ0) is 23.3. The van der Waals surface area contributed by atoms with Crippen molar-refractivity contribution in [3.63, 3.8) is 0 Å². The number of para-hydroxylation sites is 1. The number of ketones is 1. The molecule has 7 nitrogen and oxygen atoms in total. The number of rotatable bonds is 6. The normalized spacial score (nSPS) is 12.1. The van der Waals surface area contributed by atoms with Gasteiger partial charge in [0.05, 0.1) is 17.7 Å². The molecular weight excluding hydrogens is 472 g/mol. The van der Waals surface area contributed by atoms with Gasteiger partial charge in [0.15, 0.2) is 5.78 Å². The van der Waals surface area contributed by atoms with E-state index in [-0.39, 0.29) is 17.7 Å². The number of Topliss-reactive ketones (excluding diaryl/α,β-unsaturated/α-hetero) is 1. The van der Waals surface area contributed by atoms with Crippen LogP contribution in [-0.4, -0.2) is 5.78 Å². The van der Waals surface area contributed by atoms with E-state index in [2.05, 4.69) is 15.9 Å². The van der Waals surface area contributed by atoms with Gasteiger partial charge in [0.25, 0.3) is 0 Å². The van der Waals surface area contributed by atoms with Gasteiger partial charge < -0.3 is 10.2 Å². The van der Waals surface area contributed by atoms with Gasteiger partial charge in [-0.1, -0.05) is 46.3 Å². The molecule has 0 aliphatic carbocycles. The Morgan fingerprint density at radius 2 is 1.72 bits per heavy atom. The van der Waals surface area contributed by atoms with Gasteiger partial charge in [-0.15, -0.1) is 0 Å². The first-order valence-corrected chi connectivity index (χ1v) is 10.2. The Bertz CT molecular complexity index is 1390. The molecule has 0 amide bonds. The fraction of sp³-hybridized carbons (Fsp3) is 0.125. The quantitative estimate of drug-likeness (QED) is 0.310. The predicted molar refractivity (Wildman–Crippen MR) is 120 cm³/mol. The molecule has 0 spiro atoms. The lowest BCUT2D eigenvalue weighted by Gasteiger charge is -2.22. The summed E-state index contributed by atoms with van der Waals surface area (Å²) in [5, 5.41) is 28.8. The molecule has 32 heavy (non-hydrogen) atoms. The van der Waals surface area contributed by atoms with Crippen molar-refractivity contribution >= 4 is 32.7 Å². The predicted octanol–water partition coefficient (Wildman–Crippen LogP) is 4.31. The molecule has 0 saturated heterocycles. The van der Waals surface area contributed by atoms with E-state index in [9.17, 15) is 25.4 Å². The van der Waals surface area contributed by atoms with E-state index in [1.807, 2.05) is 6.07 Å². The van der Waals surface area contributed by atoms with Gasteiger partial charge in [-0.05, 0) is 29.8 Å². The summed E-state index contributed by atoms with van der Waals surface area (Å²) in [7, 11) is 0. The molecular formula is C24H15BrN4O3. The minimum absolute atomic E-state index is 0.147. The highest BCUT2D eigenvalue weighted by Crippen LogP contribution is 2.34. The summed E-state index contributed by atoms with van der Waals surface area (Å²) in [6, 6.07) is 20.5. The molecule has 0 fully saturated rings.